The Hall–Kier alpha value is -0.830. The fourth-order valence-electron chi connectivity index (χ4n) is 1.62. The number of nitrogens with zero attached hydrogens (tertiary/aromatic N) is 1. The van der Waals surface area contributed by atoms with Crippen LogP contribution in [0.1, 0.15) is 51.2 Å². The molecule has 0 fully saturated rings. The fraction of sp³-hybridized carbons (Fsp3) is 0.643. The maximum absolute atomic E-state index is 12.5. The largest absolute Gasteiger partial charge is 0.333 e. The highest BCUT2D eigenvalue weighted by atomic mass is 32.1. The zero-order valence-electron chi connectivity index (χ0n) is 11.7. The number of rotatable bonds is 2. The molecule has 0 radical (unpaired) electrons. The molecular weight excluding hydrogens is 230 g/mol. The van der Waals surface area contributed by atoms with Crippen molar-refractivity contribution in [1.29, 1.82) is 0 Å². The highest BCUT2D eigenvalue weighted by Gasteiger charge is 2.31. The highest BCUT2D eigenvalue weighted by Crippen LogP contribution is 2.25. The third-order valence-electron chi connectivity index (χ3n) is 2.42. The standard InChI is InChI=1S/C14H23NOS/c1-13(2,3)10-15(14(4,5)6)12(16)11-8-7-9-17-11/h7-9H,10H2,1-6H3. The van der Waals surface area contributed by atoms with Crippen LogP contribution in [-0.4, -0.2) is 22.9 Å². The summed E-state index contributed by atoms with van der Waals surface area (Å²) in [6.07, 6.45) is 0. The number of hydrogen-bond donors (Lipinski definition) is 0. The van der Waals surface area contributed by atoms with Crippen molar-refractivity contribution in [3.05, 3.63) is 22.4 Å². The van der Waals surface area contributed by atoms with E-state index in [9.17, 15) is 4.79 Å². The third-order valence-corrected chi connectivity index (χ3v) is 3.28. The molecule has 0 saturated carbocycles. The lowest BCUT2D eigenvalue weighted by Gasteiger charge is -2.39. The second-order valence-electron chi connectivity index (χ2n) is 6.60. The second-order valence-corrected chi connectivity index (χ2v) is 7.55. The van der Waals surface area contributed by atoms with E-state index in [0.29, 0.717) is 0 Å². The molecule has 0 atom stereocenters. The van der Waals surface area contributed by atoms with Gasteiger partial charge in [-0.2, -0.15) is 0 Å². The van der Waals surface area contributed by atoms with Crippen LogP contribution in [0.4, 0.5) is 0 Å². The molecule has 0 saturated heterocycles. The molecule has 3 heteroatoms. The molecule has 96 valence electrons. The van der Waals surface area contributed by atoms with E-state index in [0.717, 1.165) is 11.4 Å². The van der Waals surface area contributed by atoms with Crippen molar-refractivity contribution in [3.63, 3.8) is 0 Å². The molecule has 1 rings (SSSR count). The number of amides is 1. The van der Waals surface area contributed by atoms with E-state index in [1.165, 1.54) is 11.3 Å². The van der Waals surface area contributed by atoms with Gasteiger partial charge in [0.05, 0.1) is 4.88 Å². The summed E-state index contributed by atoms with van der Waals surface area (Å²) in [6, 6.07) is 3.82. The minimum absolute atomic E-state index is 0.111. The molecule has 1 aromatic rings. The Bertz CT molecular complexity index is 368. The summed E-state index contributed by atoms with van der Waals surface area (Å²) in [5.41, 5.74) is -0.0332. The van der Waals surface area contributed by atoms with Crippen LogP contribution in [0, 0.1) is 5.41 Å². The Labute approximate surface area is 109 Å². The molecular formula is C14H23NOS. The van der Waals surface area contributed by atoms with Crippen molar-refractivity contribution in [2.45, 2.75) is 47.1 Å². The van der Waals surface area contributed by atoms with Crippen molar-refractivity contribution in [3.8, 4) is 0 Å². The lowest BCUT2D eigenvalue weighted by Crippen LogP contribution is -2.49. The SMILES string of the molecule is CC(C)(C)CN(C(=O)c1cccs1)C(C)(C)C. The number of thiophene rings is 1. The molecule has 0 bridgehead atoms. The molecule has 0 aliphatic carbocycles. The first kappa shape index (κ1) is 14.2. The van der Waals surface area contributed by atoms with Gasteiger partial charge in [-0.1, -0.05) is 26.8 Å². The molecule has 0 aliphatic heterocycles. The monoisotopic (exact) mass is 253 g/mol. The van der Waals surface area contributed by atoms with Gasteiger partial charge in [0.1, 0.15) is 0 Å². The summed E-state index contributed by atoms with van der Waals surface area (Å²) >= 11 is 1.51. The zero-order valence-corrected chi connectivity index (χ0v) is 12.5. The van der Waals surface area contributed by atoms with Crippen LogP contribution in [0.3, 0.4) is 0 Å². The number of hydrogen-bond acceptors (Lipinski definition) is 2. The van der Waals surface area contributed by atoms with E-state index < -0.39 is 0 Å². The Morgan fingerprint density at radius 3 is 2.18 bits per heavy atom. The molecule has 0 aliphatic rings. The van der Waals surface area contributed by atoms with Gasteiger partial charge in [-0.25, -0.2) is 0 Å². The maximum Gasteiger partial charge on any atom is 0.264 e. The van der Waals surface area contributed by atoms with E-state index in [1.807, 2.05) is 22.4 Å². The maximum atomic E-state index is 12.5. The summed E-state index contributed by atoms with van der Waals surface area (Å²) in [4.78, 5) is 15.3. The van der Waals surface area contributed by atoms with Crippen molar-refractivity contribution in [2.24, 2.45) is 5.41 Å². The smallest absolute Gasteiger partial charge is 0.264 e. The molecule has 0 N–H and O–H groups in total. The second kappa shape index (κ2) is 4.81. The van der Waals surface area contributed by atoms with Gasteiger partial charge in [0.15, 0.2) is 0 Å². The predicted molar refractivity (Wildman–Crippen MR) is 74.6 cm³/mol. The number of carbonyl (C=O) groups excluding carboxylic acids is 1. The van der Waals surface area contributed by atoms with Crippen LogP contribution in [-0.2, 0) is 0 Å². The van der Waals surface area contributed by atoms with Crippen LogP contribution in [0.5, 0.6) is 0 Å². The van der Waals surface area contributed by atoms with Crippen LogP contribution in [0.15, 0.2) is 17.5 Å². The first-order valence-corrected chi connectivity index (χ1v) is 6.85. The molecule has 1 aromatic heterocycles. The first-order valence-electron chi connectivity index (χ1n) is 5.97. The van der Waals surface area contributed by atoms with E-state index in [2.05, 4.69) is 41.5 Å². The van der Waals surface area contributed by atoms with Crippen molar-refractivity contribution in [1.82, 2.24) is 4.90 Å². The summed E-state index contributed by atoms with van der Waals surface area (Å²) in [6.45, 7) is 13.5. The van der Waals surface area contributed by atoms with Crippen molar-refractivity contribution >= 4 is 17.2 Å². The van der Waals surface area contributed by atoms with E-state index >= 15 is 0 Å². The van der Waals surface area contributed by atoms with E-state index in [4.69, 9.17) is 0 Å². The summed E-state index contributed by atoms with van der Waals surface area (Å²) in [5, 5.41) is 1.95. The summed E-state index contributed by atoms with van der Waals surface area (Å²) < 4.78 is 0. The van der Waals surface area contributed by atoms with Crippen LogP contribution in [0.25, 0.3) is 0 Å². The lowest BCUT2D eigenvalue weighted by molar-refractivity contribution is 0.0483. The molecule has 0 aromatic carbocycles. The van der Waals surface area contributed by atoms with Gasteiger partial charge in [-0.15, -0.1) is 11.3 Å². The minimum Gasteiger partial charge on any atom is -0.333 e. The number of carbonyl (C=O) groups is 1. The zero-order chi connectivity index (χ0) is 13.3. The fourth-order valence-corrected chi connectivity index (χ4v) is 2.29. The Morgan fingerprint density at radius 1 is 1.24 bits per heavy atom. The molecule has 0 unspecified atom stereocenters. The van der Waals surface area contributed by atoms with Crippen LogP contribution in [0.2, 0.25) is 0 Å². The van der Waals surface area contributed by atoms with Gasteiger partial charge >= 0.3 is 0 Å². The molecule has 17 heavy (non-hydrogen) atoms. The van der Waals surface area contributed by atoms with Crippen molar-refractivity contribution < 1.29 is 4.79 Å². The Morgan fingerprint density at radius 2 is 1.82 bits per heavy atom. The first-order chi connectivity index (χ1) is 7.61. The van der Waals surface area contributed by atoms with Crippen molar-refractivity contribution in [2.75, 3.05) is 6.54 Å². The summed E-state index contributed by atoms with van der Waals surface area (Å²) in [7, 11) is 0. The normalized spacial score (nSPS) is 12.6. The Balaban J connectivity index is 2.96. The van der Waals surface area contributed by atoms with E-state index in [-0.39, 0.29) is 16.9 Å². The average molecular weight is 253 g/mol. The topological polar surface area (TPSA) is 20.3 Å². The average Bonchev–Trinajstić information content (AvgIpc) is 2.62. The van der Waals surface area contributed by atoms with E-state index in [1.54, 1.807) is 0 Å². The van der Waals surface area contributed by atoms with Gasteiger partial charge < -0.3 is 4.90 Å². The molecule has 2 nitrogen and oxygen atoms in total. The van der Waals surface area contributed by atoms with Gasteiger partial charge in [-0.3, -0.25) is 4.79 Å². The Kier molecular flexibility index (Phi) is 4.03. The third kappa shape index (κ3) is 4.15. The highest BCUT2D eigenvalue weighted by molar-refractivity contribution is 7.12. The molecule has 1 heterocycles. The lowest BCUT2D eigenvalue weighted by atomic mass is 9.93. The molecule has 1 amide bonds. The molecule has 0 spiro atoms. The summed E-state index contributed by atoms with van der Waals surface area (Å²) in [5.74, 6) is 0.141. The van der Waals surface area contributed by atoms with Crippen LogP contribution >= 0.6 is 11.3 Å². The minimum atomic E-state index is -0.144. The van der Waals surface area contributed by atoms with Crippen LogP contribution < -0.4 is 0 Å². The van der Waals surface area contributed by atoms with Gasteiger partial charge in [0, 0.05) is 12.1 Å². The van der Waals surface area contributed by atoms with Gasteiger partial charge in [0.25, 0.3) is 5.91 Å². The van der Waals surface area contributed by atoms with Gasteiger partial charge in [0.2, 0.25) is 0 Å². The predicted octanol–water partition coefficient (Wildman–Crippen LogP) is 4.03. The van der Waals surface area contributed by atoms with Gasteiger partial charge in [-0.05, 0) is 37.6 Å². The quantitative estimate of drug-likeness (QED) is 0.779.